The van der Waals surface area contributed by atoms with Crippen LogP contribution in [-0.4, -0.2) is 36.2 Å². The van der Waals surface area contributed by atoms with Crippen molar-refractivity contribution in [3.63, 3.8) is 0 Å². The number of carbonyl (C=O) groups excluding carboxylic acids is 1. The third-order valence-electron chi connectivity index (χ3n) is 3.60. The van der Waals surface area contributed by atoms with Gasteiger partial charge < -0.3 is 15.8 Å². The van der Waals surface area contributed by atoms with Gasteiger partial charge in [-0.3, -0.25) is 9.78 Å². The molecular weight excluding hydrogens is 254 g/mol. The van der Waals surface area contributed by atoms with E-state index >= 15 is 0 Å². The van der Waals surface area contributed by atoms with Gasteiger partial charge in [-0.25, -0.2) is 0 Å². The number of nitrogens with zero attached hydrogens (tertiary/aromatic N) is 1. The van der Waals surface area contributed by atoms with Crippen LogP contribution >= 0.6 is 0 Å². The first kappa shape index (κ1) is 14.9. The number of hydrogen-bond donors (Lipinski definition) is 2. The fraction of sp³-hybridized carbons (Fsp3) is 0.600. The smallest absolute Gasteiger partial charge is 0.252 e. The Kier molecular flexibility index (Phi) is 5.95. The highest BCUT2D eigenvalue weighted by molar-refractivity contribution is 5.93. The summed E-state index contributed by atoms with van der Waals surface area (Å²) in [6.45, 7) is 1.31. The number of ether oxygens (including phenoxy) is 1. The third kappa shape index (κ3) is 4.90. The van der Waals surface area contributed by atoms with Gasteiger partial charge in [-0.05, 0) is 44.2 Å². The standard InChI is InChI=1S/C15H23N3O2/c16-13-4-6-14(7-5-13)20-10-2-9-18-15(19)12-3-1-8-17-11-12/h1,3,8,11,13-14H,2,4-7,9-10,16H2,(H,18,19). The zero-order chi connectivity index (χ0) is 14.2. The summed E-state index contributed by atoms with van der Waals surface area (Å²) in [5.41, 5.74) is 6.45. The molecule has 20 heavy (non-hydrogen) atoms. The summed E-state index contributed by atoms with van der Waals surface area (Å²) < 4.78 is 5.80. The van der Waals surface area contributed by atoms with Gasteiger partial charge in [0, 0.05) is 31.6 Å². The number of amides is 1. The molecule has 1 aliphatic rings. The van der Waals surface area contributed by atoms with Gasteiger partial charge in [-0.1, -0.05) is 0 Å². The molecule has 0 spiro atoms. The SMILES string of the molecule is NC1CCC(OCCCNC(=O)c2cccnc2)CC1. The van der Waals surface area contributed by atoms with Crippen LogP contribution in [0.4, 0.5) is 0 Å². The number of nitrogens with one attached hydrogen (secondary N) is 1. The first-order chi connectivity index (χ1) is 9.75. The Morgan fingerprint density at radius 3 is 2.90 bits per heavy atom. The van der Waals surface area contributed by atoms with E-state index in [4.69, 9.17) is 10.5 Å². The number of pyridine rings is 1. The molecule has 1 heterocycles. The molecule has 1 aromatic heterocycles. The van der Waals surface area contributed by atoms with Gasteiger partial charge in [0.2, 0.25) is 0 Å². The quantitative estimate of drug-likeness (QED) is 0.772. The van der Waals surface area contributed by atoms with Gasteiger partial charge in [0.15, 0.2) is 0 Å². The molecule has 1 fully saturated rings. The van der Waals surface area contributed by atoms with Crippen LogP contribution in [0.3, 0.4) is 0 Å². The van der Waals surface area contributed by atoms with E-state index in [1.165, 1.54) is 0 Å². The summed E-state index contributed by atoms with van der Waals surface area (Å²) in [5.74, 6) is -0.0817. The van der Waals surface area contributed by atoms with Gasteiger partial charge in [0.25, 0.3) is 5.91 Å². The van der Waals surface area contributed by atoms with E-state index in [1.54, 1.807) is 24.5 Å². The van der Waals surface area contributed by atoms with E-state index in [1.807, 2.05) is 0 Å². The molecule has 110 valence electrons. The van der Waals surface area contributed by atoms with Crippen molar-refractivity contribution in [1.82, 2.24) is 10.3 Å². The molecule has 0 aromatic carbocycles. The van der Waals surface area contributed by atoms with E-state index in [2.05, 4.69) is 10.3 Å². The minimum atomic E-state index is -0.0817. The topological polar surface area (TPSA) is 77.2 Å². The largest absolute Gasteiger partial charge is 0.378 e. The summed E-state index contributed by atoms with van der Waals surface area (Å²) in [7, 11) is 0. The molecule has 5 nitrogen and oxygen atoms in total. The first-order valence-electron chi connectivity index (χ1n) is 7.31. The summed E-state index contributed by atoms with van der Waals surface area (Å²) in [4.78, 5) is 15.7. The molecule has 0 unspecified atom stereocenters. The fourth-order valence-electron chi connectivity index (χ4n) is 2.38. The molecule has 1 saturated carbocycles. The van der Waals surface area contributed by atoms with Crippen molar-refractivity contribution >= 4 is 5.91 Å². The van der Waals surface area contributed by atoms with Gasteiger partial charge >= 0.3 is 0 Å². The summed E-state index contributed by atoms with van der Waals surface area (Å²) >= 11 is 0. The minimum Gasteiger partial charge on any atom is -0.378 e. The van der Waals surface area contributed by atoms with Gasteiger partial charge in [0.05, 0.1) is 11.7 Å². The lowest BCUT2D eigenvalue weighted by molar-refractivity contribution is 0.0241. The van der Waals surface area contributed by atoms with Gasteiger partial charge in [-0.15, -0.1) is 0 Å². The van der Waals surface area contributed by atoms with Gasteiger partial charge in [0.1, 0.15) is 0 Å². The maximum atomic E-state index is 11.7. The Morgan fingerprint density at radius 1 is 1.40 bits per heavy atom. The molecule has 1 aliphatic carbocycles. The normalized spacial score (nSPS) is 22.4. The van der Waals surface area contributed by atoms with Crippen molar-refractivity contribution in [1.29, 1.82) is 0 Å². The molecule has 0 radical (unpaired) electrons. The third-order valence-corrected chi connectivity index (χ3v) is 3.60. The van der Waals surface area contributed by atoms with Crippen LogP contribution in [0.5, 0.6) is 0 Å². The molecule has 0 bridgehead atoms. The zero-order valence-electron chi connectivity index (χ0n) is 11.8. The van der Waals surface area contributed by atoms with Crippen molar-refractivity contribution in [2.45, 2.75) is 44.2 Å². The Balaban J connectivity index is 1.55. The number of rotatable bonds is 6. The van der Waals surface area contributed by atoms with E-state index in [0.717, 1.165) is 32.1 Å². The lowest BCUT2D eigenvalue weighted by Gasteiger charge is -2.26. The summed E-state index contributed by atoms with van der Waals surface area (Å²) in [6.07, 6.45) is 8.63. The second-order valence-corrected chi connectivity index (χ2v) is 5.26. The molecule has 1 amide bonds. The van der Waals surface area contributed by atoms with Crippen molar-refractivity contribution < 1.29 is 9.53 Å². The van der Waals surface area contributed by atoms with E-state index in [9.17, 15) is 4.79 Å². The Hall–Kier alpha value is -1.46. The van der Waals surface area contributed by atoms with Crippen molar-refractivity contribution in [3.05, 3.63) is 30.1 Å². The number of aromatic nitrogens is 1. The van der Waals surface area contributed by atoms with Crippen LogP contribution in [0.25, 0.3) is 0 Å². The Labute approximate surface area is 119 Å². The molecule has 0 saturated heterocycles. The summed E-state index contributed by atoms with van der Waals surface area (Å²) in [5, 5.41) is 2.86. The van der Waals surface area contributed by atoms with Crippen LogP contribution in [0.2, 0.25) is 0 Å². The lowest BCUT2D eigenvalue weighted by atomic mass is 9.94. The number of nitrogens with two attached hydrogens (primary N) is 1. The van der Waals surface area contributed by atoms with E-state index < -0.39 is 0 Å². The van der Waals surface area contributed by atoms with Crippen molar-refractivity contribution in [2.24, 2.45) is 5.73 Å². The average Bonchev–Trinajstić information content (AvgIpc) is 2.49. The minimum absolute atomic E-state index is 0.0817. The number of hydrogen-bond acceptors (Lipinski definition) is 4. The second-order valence-electron chi connectivity index (χ2n) is 5.26. The van der Waals surface area contributed by atoms with Crippen molar-refractivity contribution in [3.8, 4) is 0 Å². The highest BCUT2D eigenvalue weighted by Gasteiger charge is 2.18. The highest BCUT2D eigenvalue weighted by Crippen LogP contribution is 2.19. The summed E-state index contributed by atoms with van der Waals surface area (Å²) in [6, 6.07) is 3.87. The van der Waals surface area contributed by atoms with E-state index in [0.29, 0.717) is 30.9 Å². The predicted molar refractivity (Wildman–Crippen MR) is 77.4 cm³/mol. The average molecular weight is 277 g/mol. The monoisotopic (exact) mass is 277 g/mol. The zero-order valence-corrected chi connectivity index (χ0v) is 11.8. The Bertz CT molecular complexity index is 403. The number of carbonyl (C=O) groups is 1. The van der Waals surface area contributed by atoms with E-state index in [-0.39, 0.29) is 5.91 Å². The van der Waals surface area contributed by atoms with Crippen LogP contribution in [0.15, 0.2) is 24.5 Å². The molecule has 2 rings (SSSR count). The lowest BCUT2D eigenvalue weighted by Crippen LogP contribution is -2.31. The van der Waals surface area contributed by atoms with Crippen LogP contribution in [0.1, 0.15) is 42.5 Å². The highest BCUT2D eigenvalue weighted by atomic mass is 16.5. The van der Waals surface area contributed by atoms with Crippen LogP contribution < -0.4 is 11.1 Å². The molecule has 0 aliphatic heterocycles. The predicted octanol–water partition coefficient (Wildman–Crippen LogP) is 1.49. The maximum Gasteiger partial charge on any atom is 0.252 e. The van der Waals surface area contributed by atoms with Crippen LogP contribution in [0, 0.1) is 0 Å². The van der Waals surface area contributed by atoms with Crippen LogP contribution in [-0.2, 0) is 4.74 Å². The van der Waals surface area contributed by atoms with Gasteiger partial charge in [-0.2, -0.15) is 0 Å². The molecule has 3 N–H and O–H groups in total. The second kappa shape index (κ2) is 7.97. The van der Waals surface area contributed by atoms with Crippen molar-refractivity contribution in [2.75, 3.05) is 13.2 Å². The fourth-order valence-corrected chi connectivity index (χ4v) is 2.38. The molecule has 5 heteroatoms. The Morgan fingerprint density at radius 2 is 2.20 bits per heavy atom. The molecular formula is C15H23N3O2. The molecule has 0 atom stereocenters. The first-order valence-corrected chi connectivity index (χ1v) is 7.31. The molecule has 1 aromatic rings. The maximum absolute atomic E-state index is 11.7.